The summed E-state index contributed by atoms with van der Waals surface area (Å²) in [6, 6.07) is 8.03. The van der Waals surface area contributed by atoms with Gasteiger partial charge in [0, 0.05) is 23.8 Å². The molecule has 1 aromatic heterocycles. The minimum Gasteiger partial charge on any atom is -0.465 e. The van der Waals surface area contributed by atoms with Gasteiger partial charge in [0.05, 0.1) is 18.8 Å². The number of imidazole rings is 1. The number of halogens is 1. The summed E-state index contributed by atoms with van der Waals surface area (Å²) < 4.78 is 7.60. The van der Waals surface area contributed by atoms with Crippen molar-refractivity contribution in [3.8, 4) is 6.01 Å². The van der Waals surface area contributed by atoms with Crippen molar-refractivity contribution in [2.75, 3.05) is 33.8 Å². The van der Waals surface area contributed by atoms with E-state index in [-0.39, 0.29) is 5.91 Å². The van der Waals surface area contributed by atoms with Gasteiger partial charge in [-0.3, -0.25) is 9.36 Å². The van der Waals surface area contributed by atoms with Crippen LogP contribution in [0.5, 0.6) is 6.01 Å². The second-order valence-corrected chi connectivity index (χ2v) is 7.60. The van der Waals surface area contributed by atoms with E-state index in [0.717, 1.165) is 17.8 Å². The van der Waals surface area contributed by atoms with Crippen LogP contribution in [-0.4, -0.2) is 59.0 Å². The Labute approximate surface area is 178 Å². The average molecular weight is 419 g/mol. The molecule has 6 nitrogen and oxygen atoms in total. The zero-order valence-electron chi connectivity index (χ0n) is 18.2. The largest absolute Gasteiger partial charge is 0.465 e. The molecule has 0 aliphatic heterocycles. The summed E-state index contributed by atoms with van der Waals surface area (Å²) >= 11 is 6.02. The number of rotatable bonds is 9. The number of carbonyl (C=O) groups excluding carboxylic acids is 1. The first-order chi connectivity index (χ1) is 13.8. The van der Waals surface area contributed by atoms with E-state index in [0.29, 0.717) is 42.1 Å². The lowest BCUT2D eigenvalue weighted by Gasteiger charge is -2.26. The molecule has 0 spiro atoms. The highest BCUT2D eigenvalue weighted by Crippen LogP contribution is 2.23. The Morgan fingerprint density at radius 1 is 1.24 bits per heavy atom. The van der Waals surface area contributed by atoms with E-state index < -0.39 is 0 Å². The predicted octanol–water partition coefficient (Wildman–Crippen LogP) is 4.22. The van der Waals surface area contributed by atoms with E-state index in [9.17, 15) is 4.79 Å². The van der Waals surface area contributed by atoms with Gasteiger partial charge in [-0.15, -0.1) is 0 Å². The maximum Gasteiger partial charge on any atom is 0.297 e. The minimum absolute atomic E-state index is 0.0765. The fraction of sp³-hybridized carbons (Fsp3) is 0.455. The minimum atomic E-state index is -0.0765. The number of hydrogen-bond acceptors (Lipinski definition) is 4. The Morgan fingerprint density at radius 3 is 2.45 bits per heavy atom. The molecule has 0 radical (unpaired) electrons. The Balaban J connectivity index is 2.48. The molecule has 0 aliphatic rings. The molecule has 0 fully saturated rings. The van der Waals surface area contributed by atoms with E-state index in [1.54, 1.807) is 4.90 Å². The molecule has 0 aliphatic carbocycles. The maximum absolute atomic E-state index is 13.6. The summed E-state index contributed by atoms with van der Waals surface area (Å²) in [7, 11) is 3.99. The zero-order chi connectivity index (χ0) is 21.6. The molecule has 0 bridgehead atoms. The van der Waals surface area contributed by atoms with Crippen LogP contribution in [0.25, 0.3) is 0 Å². The quantitative estimate of drug-likeness (QED) is 0.611. The molecule has 2 rings (SSSR count). The van der Waals surface area contributed by atoms with Crippen LogP contribution in [0.15, 0.2) is 36.0 Å². The van der Waals surface area contributed by atoms with Crippen LogP contribution in [0.3, 0.4) is 0 Å². The highest BCUT2D eigenvalue weighted by atomic mass is 35.5. The van der Waals surface area contributed by atoms with Gasteiger partial charge in [0.25, 0.3) is 11.9 Å². The zero-order valence-corrected chi connectivity index (χ0v) is 19.0. The van der Waals surface area contributed by atoms with Crippen molar-refractivity contribution in [3.05, 3.63) is 58.0 Å². The molecule has 0 saturated heterocycles. The van der Waals surface area contributed by atoms with Gasteiger partial charge in [0.2, 0.25) is 0 Å². The molecular weight excluding hydrogens is 388 g/mol. The Kier molecular flexibility index (Phi) is 8.29. The molecule has 1 amide bonds. The lowest BCUT2D eigenvalue weighted by Crippen LogP contribution is -2.36. The van der Waals surface area contributed by atoms with Gasteiger partial charge in [0.15, 0.2) is 0 Å². The molecular formula is C22H31ClN4O2. The molecule has 0 saturated carbocycles. The van der Waals surface area contributed by atoms with Gasteiger partial charge in [-0.05, 0) is 59.5 Å². The van der Waals surface area contributed by atoms with Gasteiger partial charge in [-0.2, -0.15) is 4.98 Å². The molecule has 0 unspecified atom stereocenters. The van der Waals surface area contributed by atoms with Crippen LogP contribution < -0.4 is 4.74 Å². The van der Waals surface area contributed by atoms with Crippen LogP contribution in [0, 0.1) is 6.92 Å². The second kappa shape index (κ2) is 10.5. The van der Waals surface area contributed by atoms with Gasteiger partial charge in [-0.1, -0.05) is 29.8 Å². The van der Waals surface area contributed by atoms with Crippen molar-refractivity contribution < 1.29 is 9.53 Å². The molecule has 2 aromatic rings. The average Bonchev–Trinajstić information content (AvgIpc) is 2.98. The first-order valence-electron chi connectivity index (χ1n) is 9.82. The van der Waals surface area contributed by atoms with E-state index in [2.05, 4.69) is 9.88 Å². The van der Waals surface area contributed by atoms with Crippen LogP contribution in [0.1, 0.15) is 42.5 Å². The normalized spacial score (nSPS) is 11.8. The number of aryl methyl sites for hydroxylation is 1. The van der Waals surface area contributed by atoms with Crippen molar-refractivity contribution in [1.29, 1.82) is 0 Å². The number of aromatic nitrogens is 2. The van der Waals surface area contributed by atoms with E-state index in [1.807, 2.05) is 76.7 Å². The van der Waals surface area contributed by atoms with E-state index in [1.165, 1.54) is 0 Å². The maximum atomic E-state index is 13.6. The number of ether oxygens (including phenoxy) is 1. The summed E-state index contributed by atoms with van der Waals surface area (Å²) in [6.07, 6.45) is 1.95. The summed E-state index contributed by atoms with van der Waals surface area (Å²) in [4.78, 5) is 22.0. The highest BCUT2D eigenvalue weighted by molar-refractivity contribution is 6.30. The second-order valence-electron chi connectivity index (χ2n) is 7.16. The van der Waals surface area contributed by atoms with Crippen molar-refractivity contribution in [2.24, 2.45) is 0 Å². The molecule has 0 atom stereocenters. The first-order valence-corrected chi connectivity index (χ1v) is 10.2. The number of carbonyl (C=O) groups is 1. The molecule has 1 heterocycles. The summed E-state index contributed by atoms with van der Waals surface area (Å²) in [5, 5.41) is 0.676. The highest BCUT2D eigenvalue weighted by Gasteiger charge is 2.27. The topological polar surface area (TPSA) is 50.6 Å². The van der Waals surface area contributed by atoms with E-state index in [4.69, 9.17) is 16.3 Å². The molecule has 158 valence electrons. The molecule has 0 N–H and O–H groups in total. The SMILES string of the molecule is C/C=C(/C)N(CCN(C)C)C(=O)c1c(C)nc(OCC)n1Cc1ccc(Cl)cc1. The van der Waals surface area contributed by atoms with Crippen LogP contribution >= 0.6 is 11.6 Å². The Hall–Kier alpha value is -2.31. The standard InChI is InChI=1S/C22H31ClN4O2/c1-7-16(3)26(14-13-25(5)6)21(28)20-17(4)24-22(29-8-2)27(20)15-18-9-11-19(23)12-10-18/h7,9-12H,8,13-15H2,1-6H3/b16-7-. The monoisotopic (exact) mass is 418 g/mol. The van der Waals surface area contributed by atoms with Gasteiger partial charge >= 0.3 is 0 Å². The van der Waals surface area contributed by atoms with E-state index >= 15 is 0 Å². The molecule has 7 heteroatoms. The fourth-order valence-electron chi connectivity index (χ4n) is 3.00. The van der Waals surface area contributed by atoms with Crippen molar-refractivity contribution in [1.82, 2.24) is 19.4 Å². The van der Waals surface area contributed by atoms with Crippen LogP contribution in [0.4, 0.5) is 0 Å². The molecule has 1 aromatic carbocycles. The number of amides is 1. The van der Waals surface area contributed by atoms with Gasteiger partial charge in [0.1, 0.15) is 5.69 Å². The van der Waals surface area contributed by atoms with Gasteiger partial charge < -0.3 is 14.5 Å². The lowest BCUT2D eigenvalue weighted by molar-refractivity contribution is 0.0785. The third-order valence-corrected chi connectivity index (χ3v) is 4.95. The third kappa shape index (κ3) is 5.84. The Morgan fingerprint density at radius 2 is 1.90 bits per heavy atom. The third-order valence-electron chi connectivity index (χ3n) is 4.70. The fourth-order valence-corrected chi connectivity index (χ4v) is 3.12. The molecule has 29 heavy (non-hydrogen) atoms. The predicted molar refractivity (Wildman–Crippen MR) is 118 cm³/mol. The lowest BCUT2D eigenvalue weighted by atomic mass is 10.2. The van der Waals surface area contributed by atoms with Gasteiger partial charge in [-0.25, -0.2) is 0 Å². The van der Waals surface area contributed by atoms with Crippen molar-refractivity contribution in [2.45, 2.75) is 34.2 Å². The van der Waals surface area contributed by atoms with Crippen molar-refractivity contribution in [3.63, 3.8) is 0 Å². The van der Waals surface area contributed by atoms with Crippen molar-refractivity contribution >= 4 is 17.5 Å². The number of likely N-dealkylation sites (N-methyl/N-ethyl adjacent to an activating group) is 1. The van der Waals surface area contributed by atoms with Crippen LogP contribution in [0.2, 0.25) is 5.02 Å². The number of hydrogen-bond donors (Lipinski definition) is 0. The smallest absolute Gasteiger partial charge is 0.297 e. The number of benzene rings is 1. The first kappa shape index (κ1) is 23.0. The number of nitrogens with zero attached hydrogens (tertiary/aromatic N) is 4. The van der Waals surface area contributed by atoms with Crippen LogP contribution in [-0.2, 0) is 6.54 Å². The summed E-state index contributed by atoms with van der Waals surface area (Å²) in [5.41, 5.74) is 3.13. The summed E-state index contributed by atoms with van der Waals surface area (Å²) in [6.45, 7) is 9.96. The Bertz CT molecular complexity index is 856. The number of allylic oxidation sites excluding steroid dienone is 2. The summed E-state index contributed by atoms with van der Waals surface area (Å²) in [5.74, 6) is -0.0765.